The monoisotopic (exact) mass is 204 g/mol. The Bertz CT molecular complexity index is 546. The lowest BCUT2D eigenvalue weighted by atomic mass is 10.2. The fourth-order valence-electron chi connectivity index (χ4n) is 1.57. The first kappa shape index (κ1) is 9.73. The van der Waals surface area contributed by atoms with Gasteiger partial charge in [0.05, 0.1) is 12.6 Å². The van der Waals surface area contributed by atoms with E-state index in [1.165, 1.54) is 0 Å². The number of nitrogens with zero attached hydrogens (tertiary/aromatic N) is 1. The summed E-state index contributed by atoms with van der Waals surface area (Å²) in [6.07, 6.45) is 1.71. The lowest BCUT2D eigenvalue weighted by Gasteiger charge is -2.07. The highest BCUT2D eigenvalue weighted by Gasteiger charge is 2.04. The Morgan fingerprint density at radius 3 is 2.87 bits per heavy atom. The molecule has 4 heteroatoms. The predicted molar refractivity (Wildman–Crippen MR) is 58.1 cm³/mol. The van der Waals surface area contributed by atoms with Crippen LogP contribution in [0.15, 0.2) is 35.3 Å². The third-order valence-electron chi connectivity index (χ3n) is 2.37. The second-order valence-corrected chi connectivity index (χ2v) is 3.20. The number of ether oxygens (including phenoxy) is 1. The van der Waals surface area contributed by atoms with E-state index >= 15 is 0 Å². The predicted octanol–water partition coefficient (Wildman–Crippen LogP) is 0.767. The fraction of sp³-hybridized carbons (Fsp3) is 0.182. The van der Waals surface area contributed by atoms with Crippen LogP contribution in [0, 0.1) is 0 Å². The van der Waals surface area contributed by atoms with Gasteiger partial charge in [-0.3, -0.25) is 9.20 Å². The van der Waals surface area contributed by atoms with Gasteiger partial charge in [0.25, 0.3) is 5.56 Å². The number of methoxy groups -OCH3 is 1. The molecule has 0 atom stereocenters. The van der Waals surface area contributed by atoms with E-state index in [9.17, 15) is 4.79 Å². The Morgan fingerprint density at radius 1 is 1.40 bits per heavy atom. The molecule has 4 nitrogen and oxygen atoms in total. The summed E-state index contributed by atoms with van der Waals surface area (Å²) in [4.78, 5) is 11.9. The summed E-state index contributed by atoms with van der Waals surface area (Å²) in [5.74, 6) is 0.679. The van der Waals surface area contributed by atoms with Gasteiger partial charge in [0, 0.05) is 18.3 Å². The molecule has 0 aliphatic heterocycles. The van der Waals surface area contributed by atoms with Crippen molar-refractivity contribution in [3.8, 4) is 5.75 Å². The summed E-state index contributed by atoms with van der Waals surface area (Å²) in [5.41, 5.74) is 6.73. The van der Waals surface area contributed by atoms with Crippen LogP contribution in [0.5, 0.6) is 5.75 Å². The second-order valence-electron chi connectivity index (χ2n) is 3.20. The maximum atomic E-state index is 11.9. The highest BCUT2D eigenvalue weighted by molar-refractivity contribution is 5.59. The van der Waals surface area contributed by atoms with Crippen molar-refractivity contribution in [1.82, 2.24) is 4.40 Å². The van der Waals surface area contributed by atoms with Gasteiger partial charge in [0.2, 0.25) is 0 Å². The Labute approximate surface area is 86.9 Å². The molecule has 0 spiro atoms. The molecular formula is C11H12N2O2. The van der Waals surface area contributed by atoms with Crippen molar-refractivity contribution in [2.24, 2.45) is 5.73 Å². The van der Waals surface area contributed by atoms with Crippen molar-refractivity contribution >= 4 is 5.52 Å². The minimum Gasteiger partial charge on any atom is -0.495 e. The second kappa shape index (κ2) is 3.74. The first-order valence-corrected chi connectivity index (χ1v) is 4.65. The standard InChI is InChI=1S/C11H12N2O2/c1-15-10-3-2-6-13-9(10)5-4-8(7-12)11(13)14/h2-6H,7,12H2,1H3. The third kappa shape index (κ3) is 1.49. The van der Waals surface area contributed by atoms with Gasteiger partial charge in [-0.1, -0.05) is 0 Å². The molecule has 0 aromatic carbocycles. The average Bonchev–Trinajstić information content (AvgIpc) is 2.29. The Kier molecular flexibility index (Phi) is 2.43. The zero-order valence-electron chi connectivity index (χ0n) is 8.43. The number of rotatable bonds is 2. The molecule has 2 aromatic rings. The number of hydrogen-bond donors (Lipinski definition) is 1. The first-order chi connectivity index (χ1) is 7.27. The van der Waals surface area contributed by atoms with Crippen molar-refractivity contribution in [1.29, 1.82) is 0 Å². The normalized spacial score (nSPS) is 10.5. The molecule has 0 fully saturated rings. The molecule has 0 bridgehead atoms. The van der Waals surface area contributed by atoms with Gasteiger partial charge in [0.1, 0.15) is 5.75 Å². The van der Waals surface area contributed by atoms with Crippen LogP contribution in [0.3, 0.4) is 0 Å². The summed E-state index contributed by atoms with van der Waals surface area (Å²) in [6.45, 7) is 0.249. The van der Waals surface area contributed by atoms with Crippen LogP contribution in [0.4, 0.5) is 0 Å². The summed E-state index contributed by atoms with van der Waals surface area (Å²) in [7, 11) is 1.58. The molecule has 78 valence electrons. The Balaban J connectivity index is 2.84. The molecule has 2 aromatic heterocycles. The van der Waals surface area contributed by atoms with Gasteiger partial charge in [-0.25, -0.2) is 0 Å². The van der Waals surface area contributed by atoms with E-state index in [1.807, 2.05) is 12.1 Å². The lowest BCUT2D eigenvalue weighted by Crippen LogP contribution is -2.20. The van der Waals surface area contributed by atoms with Crippen LogP contribution >= 0.6 is 0 Å². The van der Waals surface area contributed by atoms with Crippen molar-refractivity contribution in [3.63, 3.8) is 0 Å². The topological polar surface area (TPSA) is 56.7 Å². The first-order valence-electron chi connectivity index (χ1n) is 4.65. The van der Waals surface area contributed by atoms with Crippen molar-refractivity contribution in [3.05, 3.63) is 46.4 Å². The zero-order valence-corrected chi connectivity index (χ0v) is 8.43. The van der Waals surface area contributed by atoms with E-state index < -0.39 is 0 Å². The smallest absolute Gasteiger partial charge is 0.259 e. The molecule has 0 aliphatic carbocycles. The van der Waals surface area contributed by atoms with Gasteiger partial charge >= 0.3 is 0 Å². The molecule has 0 unspecified atom stereocenters. The number of hydrogen-bond acceptors (Lipinski definition) is 3. The van der Waals surface area contributed by atoms with Crippen LogP contribution in [0.2, 0.25) is 0 Å². The molecule has 2 heterocycles. The molecule has 2 N–H and O–H groups in total. The van der Waals surface area contributed by atoms with Crippen LogP contribution in [-0.4, -0.2) is 11.5 Å². The molecule has 0 amide bonds. The van der Waals surface area contributed by atoms with E-state index in [0.717, 1.165) is 5.52 Å². The zero-order chi connectivity index (χ0) is 10.8. The number of nitrogens with two attached hydrogens (primary N) is 1. The van der Waals surface area contributed by atoms with Gasteiger partial charge in [-0.2, -0.15) is 0 Å². The molecule has 0 radical (unpaired) electrons. The van der Waals surface area contributed by atoms with Crippen molar-refractivity contribution < 1.29 is 4.74 Å². The van der Waals surface area contributed by atoms with Crippen LogP contribution in [0.1, 0.15) is 5.56 Å². The van der Waals surface area contributed by atoms with Gasteiger partial charge in [-0.15, -0.1) is 0 Å². The summed E-state index contributed by atoms with van der Waals surface area (Å²) < 4.78 is 6.71. The summed E-state index contributed by atoms with van der Waals surface area (Å²) in [5, 5.41) is 0. The molecule has 0 saturated carbocycles. The van der Waals surface area contributed by atoms with E-state index in [2.05, 4.69) is 0 Å². The SMILES string of the molecule is COc1cccn2c(=O)c(CN)ccc12. The van der Waals surface area contributed by atoms with Crippen LogP contribution in [-0.2, 0) is 6.54 Å². The molecule has 15 heavy (non-hydrogen) atoms. The quantitative estimate of drug-likeness (QED) is 0.786. The maximum absolute atomic E-state index is 11.9. The highest BCUT2D eigenvalue weighted by atomic mass is 16.5. The Morgan fingerprint density at radius 2 is 2.20 bits per heavy atom. The minimum absolute atomic E-state index is 0.0890. The van der Waals surface area contributed by atoms with Crippen LogP contribution in [0.25, 0.3) is 5.52 Å². The van der Waals surface area contributed by atoms with Crippen LogP contribution < -0.4 is 16.0 Å². The largest absolute Gasteiger partial charge is 0.495 e. The summed E-state index contributed by atoms with van der Waals surface area (Å²) in [6, 6.07) is 7.16. The van der Waals surface area contributed by atoms with E-state index in [1.54, 1.807) is 29.8 Å². The van der Waals surface area contributed by atoms with E-state index in [-0.39, 0.29) is 12.1 Å². The minimum atomic E-state index is -0.0890. The highest BCUT2D eigenvalue weighted by Crippen LogP contribution is 2.17. The van der Waals surface area contributed by atoms with E-state index in [0.29, 0.717) is 11.3 Å². The molecule has 2 rings (SSSR count). The Hall–Kier alpha value is -1.81. The number of aromatic nitrogens is 1. The van der Waals surface area contributed by atoms with Crippen molar-refractivity contribution in [2.75, 3.05) is 7.11 Å². The van der Waals surface area contributed by atoms with Gasteiger partial charge < -0.3 is 10.5 Å². The van der Waals surface area contributed by atoms with Gasteiger partial charge in [0.15, 0.2) is 0 Å². The summed E-state index contributed by atoms with van der Waals surface area (Å²) >= 11 is 0. The maximum Gasteiger partial charge on any atom is 0.259 e. The lowest BCUT2D eigenvalue weighted by molar-refractivity contribution is 0.417. The number of fused-ring (bicyclic) bond motifs is 1. The molecule has 0 aliphatic rings. The molecule has 0 saturated heterocycles. The average molecular weight is 204 g/mol. The number of pyridine rings is 2. The fourth-order valence-corrected chi connectivity index (χ4v) is 1.57. The van der Waals surface area contributed by atoms with Gasteiger partial charge in [-0.05, 0) is 24.3 Å². The molecular weight excluding hydrogens is 192 g/mol. The van der Waals surface area contributed by atoms with Crippen molar-refractivity contribution in [2.45, 2.75) is 6.54 Å². The third-order valence-corrected chi connectivity index (χ3v) is 2.37. The van der Waals surface area contributed by atoms with E-state index in [4.69, 9.17) is 10.5 Å².